The van der Waals surface area contributed by atoms with Crippen molar-refractivity contribution in [2.45, 2.75) is 20.8 Å². The summed E-state index contributed by atoms with van der Waals surface area (Å²) in [4.78, 5) is 12.9. The molecule has 1 amide bonds. The summed E-state index contributed by atoms with van der Waals surface area (Å²) in [5.41, 5.74) is 4.30. The number of amides is 1. The van der Waals surface area contributed by atoms with Crippen LogP contribution in [0.5, 0.6) is 0 Å². The zero-order valence-electron chi connectivity index (χ0n) is 10.5. The number of carbonyl (C=O) groups excluding carboxylic acids is 1. The van der Waals surface area contributed by atoms with E-state index in [1.807, 2.05) is 25.3 Å². The van der Waals surface area contributed by atoms with Crippen LogP contribution in [-0.2, 0) is 0 Å². The molecule has 0 fully saturated rings. The second-order valence-electron chi connectivity index (χ2n) is 4.33. The maximum atomic E-state index is 12.2. The van der Waals surface area contributed by atoms with Crippen LogP contribution in [0.4, 0.5) is 5.69 Å². The highest BCUT2D eigenvalue weighted by Gasteiger charge is 2.14. The Morgan fingerprint density at radius 1 is 1.22 bits per heavy atom. The van der Waals surface area contributed by atoms with Gasteiger partial charge >= 0.3 is 0 Å². The molecule has 2 aromatic rings. The Hall–Kier alpha value is -1.13. The lowest BCUT2D eigenvalue weighted by atomic mass is 10.1. The maximum Gasteiger partial charge on any atom is 0.266 e. The first-order chi connectivity index (χ1) is 8.49. The van der Waals surface area contributed by atoms with E-state index in [0.29, 0.717) is 4.88 Å². The fourth-order valence-electron chi connectivity index (χ4n) is 2.00. The second kappa shape index (κ2) is 5.24. The molecule has 18 heavy (non-hydrogen) atoms. The molecule has 0 unspecified atom stereocenters. The molecule has 1 aromatic carbocycles. The first kappa shape index (κ1) is 13.3. The van der Waals surface area contributed by atoms with Crippen LogP contribution < -0.4 is 5.32 Å². The van der Waals surface area contributed by atoms with Gasteiger partial charge in [0.1, 0.15) is 4.88 Å². The topological polar surface area (TPSA) is 29.1 Å². The predicted molar refractivity (Wildman–Crippen MR) is 80.6 cm³/mol. The van der Waals surface area contributed by atoms with E-state index < -0.39 is 0 Å². The minimum atomic E-state index is -0.0630. The molecule has 0 atom stereocenters. The van der Waals surface area contributed by atoms with Crippen molar-refractivity contribution in [3.05, 3.63) is 49.6 Å². The molecule has 2 nitrogen and oxygen atoms in total. The Kier molecular flexibility index (Phi) is 3.88. The Labute approximate surface area is 119 Å². The van der Waals surface area contributed by atoms with Crippen LogP contribution in [0.2, 0.25) is 0 Å². The van der Waals surface area contributed by atoms with E-state index in [9.17, 15) is 4.79 Å². The summed E-state index contributed by atoms with van der Waals surface area (Å²) in [7, 11) is 0. The summed E-state index contributed by atoms with van der Waals surface area (Å²) in [5.74, 6) is -0.0630. The van der Waals surface area contributed by atoms with Gasteiger partial charge in [-0.1, -0.05) is 17.7 Å². The van der Waals surface area contributed by atoms with Crippen LogP contribution >= 0.6 is 27.3 Å². The van der Waals surface area contributed by atoms with Crippen molar-refractivity contribution in [1.82, 2.24) is 0 Å². The van der Waals surface area contributed by atoms with Gasteiger partial charge in [0.25, 0.3) is 5.91 Å². The van der Waals surface area contributed by atoms with Crippen LogP contribution in [0.3, 0.4) is 0 Å². The molecule has 0 aliphatic carbocycles. The van der Waals surface area contributed by atoms with Crippen LogP contribution in [0.25, 0.3) is 0 Å². The van der Waals surface area contributed by atoms with E-state index in [2.05, 4.69) is 40.3 Å². The SMILES string of the molecule is Cc1cc(C)c(NC(=O)c2sccc2Br)c(C)c1. The third kappa shape index (κ3) is 2.65. The lowest BCUT2D eigenvalue weighted by molar-refractivity contribution is 0.102. The molecule has 94 valence electrons. The molecule has 0 spiro atoms. The molecular weight excluding hydrogens is 310 g/mol. The summed E-state index contributed by atoms with van der Waals surface area (Å²) in [6.45, 7) is 6.08. The molecule has 0 aliphatic rings. The van der Waals surface area contributed by atoms with Gasteiger partial charge in [0, 0.05) is 10.2 Å². The highest BCUT2D eigenvalue weighted by atomic mass is 79.9. The van der Waals surface area contributed by atoms with Gasteiger partial charge in [-0.15, -0.1) is 11.3 Å². The number of thiophene rings is 1. The van der Waals surface area contributed by atoms with Crippen LogP contribution in [-0.4, -0.2) is 5.91 Å². The number of anilines is 1. The molecule has 4 heteroatoms. The summed E-state index contributed by atoms with van der Waals surface area (Å²) in [5, 5.41) is 4.89. The number of hydrogen-bond donors (Lipinski definition) is 1. The van der Waals surface area contributed by atoms with Crippen molar-refractivity contribution < 1.29 is 4.79 Å². The van der Waals surface area contributed by atoms with Gasteiger partial charge < -0.3 is 5.32 Å². The second-order valence-corrected chi connectivity index (χ2v) is 6.10. The predicted octanol–water partition coefficient (Wildman–Crippen LogP) is 4.69. The van der Waals surface area contributed by atoms with Gasteiger partial charge in [-0.3, -0.25) is 4.79 Å². The average molecular weight is 324 g/mol. The van der Waals surface area contributed by atoms with E-state index in [1.54, 1.807) is 0 Å². The van der Waals surface area contributed by atoms with Crippen molar-refractivity contribution in [2.24, 2.45) is 0 Å². The van der Waals surface area contributed by atoms with Gasteiger partial charge in [-0.05, 0) is 59.3 Å². The van der Waals surface area contributed by atoms with Crippen molar-refractivity contribution in [3.63, 3.8) is 0 Å². The third-order valence-electron chi connectivity index (χ3n) is 2.74. The van der Waals surface area contributed by atoms with Crippen molar-refractivity contribution in [2.75, 3.05) is 5.32 Å². The molecule has 0 saturated carbocycles. The van der Waals surface area contributed by atoms with Gasteiger partial charge in [0.05, 0.1) is 0 Å². The van der Waals surface area contributed by atoms with E-state index in [1.165, 1.54) is 16.9 Å². The Morgan fingerprint density at radius 2 is 1.83 bits per heavy atom. The number of rotatable bonds is 2. The standard InChI is InChI=1S/C14H14BrNOS/c1-8-6-9(2)12(10(3)7-8)16-14(17)13-11(15)4-5-18-13/h4-7H,1-3H3,(H,16,17). The molecular formula is C14H14BrNOS. The number of carbonyl (C=O) groups is 1. The molecule has 0 radical (unpaired) electrons. The summed E-state index contributed by atoms with van der Waals surface area (Å²) >= 11 is 4.81. The molecule has 2 rings (SSSR count). The number of halogens is 1. The maximum absolute atomic E-state index is 12.2. The number of benzene rings is 1. The fraction of sp³-hybridized carbons (Fsp3) is 0.214. The Balaban J connectivity index is 2.31. The molecule has 1 aromatic heterocycles. The van der Waals surface area contributed by atoms with Crippen molar-refractivity contribution in [1.29, 1.82) is 0 Å². The molecule has 0 saturated heterocycles. The minimum Gasteiger partial charge on any atom is -0.321 e. The highest BCUT2D eigenvalue weighted by molar-refractivity contribution is 9.10. The van der Waals surface area contributed by atoms with E-state index in [0.717, 1.165) is 21.3 Å². The summed E-state index contributed by atoms with van der Waals surface area (Å²) in [6, 6.07) is 6.03. The monoisotopic (exact) mass is 323 g/mol. The third-order valence-corrected chi connectivity index (χ3v) is 4.58. The normalized spacial score (nSPS) is 10.4. The zero-order chi connectivity index (χ0) is 13.3. The quantitative estimate of drug-likeness (QED) is 0.853. The number of hydrogen-bond acceptors (Lipinski definition) is 2. The molecule has 0 aliphatic heterocycles. The molecule has 0 bridgehead atoms. The van der Waals surface area contributed by atoms with Crippen molar-refractivity contribution >= 4 is 38.9 Å². The minimum absolute atomic E-state index is 0.0630. The van der Waals surface area contributed by atoms with Gasteiger partial charge in [-0.2, -0.15) is 0 Å². The summed E-state index contributed by atoms with van der Waals surface area (Å²) in [6.07, 6.45) is 0. The van der Waals surface area contributed by atoms with E-state index in [4.69, 9.17) is 0 Å². The Morgan fingerprint density at radius 3 is 2.33 bits per heavy atom. The first-order valence-electron chi connectivity index (χ1n) is 5.61. The highest BCUT2D eigenvalue weighted by Crippen LogP contribution is 2.26. The van der Waals surface area contributed by atoms with Crippen LogP contribution in [0.15, 0.2) is 28.1 Å². The van der Waals surface area contributed by atoms with E-state index in [-0.39, 0.29) is 5.91 Å². The van der Waals surface area contributed by atoms with Gasteiger partial charge in [0.15, 0.2) is 0 Å². The van der Waals surface area contributed by atoms with E-state index >= 15 is 0 Å². The lowest BCUT2D eigenvalue weighted by Gasteiger charge is -2.12. The zero-order valence-corrected chi connectivity index (χ0v) is 12.9. The smallest absolute Gasteiger partial charge is 0.266 e. The van der Waals surface area contributed by atoms with Gasteiger partial charge in [-0.25, -0.2) is 0 Å². The Bertz CT molecular complexity index is 581. The van der Waals surface area contributed by atoms with Gasteiger partial charge in [0.2, 0.25) is 0 Å². The fourth-order valence-corrected chi connectivity index (χ4v) is 3.45. The summed E-state index contributed by atoms with van der Waals surface area (Å²) < 4.78 is 0.840. The van der Waals surface area contributed by atoms with Crippen molar-refractivity contribution in [3.8, 4) is 0 Å². The largest absolute Gasteiger partial charge is 0.321 e. The van der Waals surface area contributed by atoms with Crippen LogP contribution in [0, 0.1) is 20.8 Å². The molecule has 1 heterocycles. The average Bonchev–Trinajstić information content (AvgIpc) is 2.69. The van der Waals surface area contributed by atoms with Crippen LogP contribution in [0.1, 0.15) is 26.4 Å². The lowest BCUT2D eigenvalue weighted by Crippen LogP contribution is -2.13. The number of aryl methyl sites for hydroxylation is 3. The number of nitrogens with one attached hydrogen (secondary N) is 1. The first-order valence-corrected chi connectivity index (χ1v) is 7.28. The molecule has 1 N–H and O–H groups in total.